The molecule has 1 N–H and O–H groups in total. The molecule has 1 fully saturated rings. The first kappa shape index (κ1) is 19.0. The van der Waals surface area contributed by atoms with Gasteiger partial charge >= 0.3 is 0 Å². The van der Waals surface area contributed by atoms with Crippen LogP contribution in [0.15, 0.2) is 24.3 Å². The van der Waals surface area contributed by atoms with Crippen LogP contribution in [0, 0.1) is 6.92 Å². The van der Waals surface area contributed by atoms with E-state index in [0.717, 1.165) is 0 Å². The minimum atomic E-state index is -3.06. The second kappa shape index (κ2) is 7.46. The maximum Gasteiger partial charge on any atom is 0.263 e. The van der Waals surface area contributed by atoms with Gasteiger partial charge in [0.2, 0.25) is 0 Å². The smallest absolute Gasteiger partial charge is 0.263 e. The fourth-order valence-electron chi connectivity index (χ4n) is 2.77. The van der Waals surface area contributed by atoms with Gasteiger partial charge in [-0.2, -0.15) is 5.10 Å². The SMILES string of the molecule is Cc1cc(NC(=O)COc2cc(Cl)ccc2Cl)n([C@H]2CCS(=O)(=O)C2)n1. The van der Waals surface area contributed by atoms with Crippen LogP contribution >= 0.6 is 23.2 Å². The van der Waals surface area contributed by atoms with Gasteiger partial charge in [0.25, 0.3) is 5.91 Å². The maximum absolute atomic E-state index is 12.2. The molecule has 0 radical (unpaired) electrons. The Bertz CT molecular complexity index is 943. The predicted octanol–water partition coefficient (Wildman–Crippen LogP) is 2.88. The van der Waals surface area contributed by atoms with E-state index >= 15 is 0 Å². The molecule has 0 aliphatic carbocycles. The summed E-state index contributed by atoms with van der Waals surface area (Å²) in [6.45, 7) is 1.51. The van der Waals surface area contributed by atoms with Crippen molar-refractivity contribution < 1.29 is 17.9 Å². The number of rotatable bonds is 5. The van der Waals surface area contributed by atoms with Crippen LogP contribution in [0.4, 0.5) is 5.82 Å². The monoisotopic (exact) mass is 417 g/mol. The lowest BCUT2D eigenvalue weighted by Crippen LogP contribution is -2.24. The third-order valence-electron chi connectivity index (χ3n) is 3.93. The fraction of sp³-hybridized carbons (Fsp3) is 0.375. The highest BCUT2D eigenvalue weighted by atomic mass is 35.5. The zero-order valence-corrected chi connectivity index (χ0v) is 16.2. The number of anilines is 1. The van der Waals surface area contributed by atoms with Crippen LogP contribution < -0.4 is 10.1 Å². The van der Waals surface area contributed by atoms with Crippen LogP contribution in [0.2, 0.25) is 10.0 Å². The summed E-state index contributed by atoms with van der Waals surface area (Å²) in [6.07, 6.45) is 0.473. The third kappa shape index (κ3) is 4.49. The van der Waals surface area contributed by atoms with Crippen molar-refractivity contribution in [2.75, 3.05) is 23.4 Å². The number of aromatic nitrogens is 2. The second-order valence-electron chi connectivity index (χ2n) is 6.08. The topological polar surface area (TPSA) is 90.3 Å². The largest absolute Gasteiger partial charge is 0.482 e. The summed E-state index contributed by atoms with van der Waals surface area (Å²) in [5.41, 5.74) is 0.684. The molecule has 1 aromatic carbocycles. The number of hydrogen-bond donors (Lipinski definition) is 1. The van der Waals surface area contributed by atoms with E-state index < -0.39 is 15.7 Å². The third-order valence-corrected chi connectivity index (χ3v) is 6.23. The number of nitrogens with one attached hydrogen (secondary N) is 1. The molecule has 7 nitrogen and oxygen atoms in total. The number of carbonyl (C=O) groups is 1. The van der Waals surface area contributed by atoms with Gasteiger partial charge in [0.15, 0.2) is 16.4 Å². The zero-order valence-electron chi connectivity index (χ0n) is 13.9. The van der Waals surface area contributed by atoms with Crippen LogP contribution in [0.5, 0.6) is 5.75 Å². The van der Waals surface area contributed by atoms with Gasteiger partial charge < -0.3 is 10.1 Å². The van der Waals surface area contributed by atoms with E-state index in [4.69, 9.17) is 27.9 Å². The zero-order chi connectivity index (χ0) is 18.9. The minimum Gasteiger partial charge on any atom is -0.482 e. The van der Waals surface area contributed by atoms with Gasteiger partial charge in [-0.05, 0) is 25.5 Å². The molecule has 2 heterocycles. The van der Waals surface area contributed by atoms with Gasteiger partial charge in [-0.1, -0.05) is 23.2 Å². The highest BCUT2D eigenvalue weighted by Gasteiger charge is 2.31. The molecular formula is C16H17Cl2N3O4S. The van der Waals surface area contributed by atoms with Crippen molar-refractivity contribution in [3.63, 3.8) is 0 Å². The first-order valence-corrected chi connectivity index (χ1v) is 10.5. The molecule has 0 spiro atoms. The lowest BCUT2D eigenvalue weighted by molar-refractivity contribution is -0.118. The summed E-state index contributed by atoms with van der Waals surface area (Å²) < 4.78 is 30.4. The molecule has 0 saturated carbocycles. The van der Waals surface area contributed by atoms with Crippen molar-refractivity contribution in [1.29, 1.82) is 0 Å². The van der Waals surface area contributed by atoms with Crippen LogP contribution in [-0.2, 0) is 14.6 Å². The average Bonchev–Trinajstić information content (AvgIpc) is 3.10. The van der Waals surface area contributed by atoms with E-state index in [0.29, 0.717) is 33.7 Å². The van der Waals surface area contributed by atoms with Gasteiger partial charge in [0.1, 0.15) is 11.6 Å². The molecular weight excluding hydrogens is 401 g/mol. The number of amides is 1. The summed E-state index contributed by atoms with van der Waals surface area (Å²) in [4.78, 5) is 12.2. The van der Waals surface area contributed by atoms with Crippen molar-refractivity contribution in [3.8, 4) is 5.75 Å². The van der Waals surface area contributed by atoms with Crippen molar-refractivity contribution in [3.05, 3.63) is 40.0 Å². The molecule has 3 rings (SSSR count). The van der Waals surface area contributed by atoms with E-state index in [1.165, 1.54) is 6.07 Å². The molecule has 0 bridgehead atoms. The van der Waals surface area contributed by atoms with E-state index in [1.54, 1.807) is 29.8 Å². The summed E-state index contributed by atoms with van der Waals surface area (Å²) >= 11 is 11.9. The molecule has 1 aromatic heterocycles. The Labute approximate surface area is 161 Å². The Morgan fingerprint density at radius 3 is 2.85 bits per heavy atom. The standard InChI is InChI=1S/C16H17Cl2N3O4S/c1-10-6-15(21(20-10)12-4-5-26(23,24)9-12)19-16(22)8-25-14-7-11(17)2-3-13(14)18/h2-3,6-7,12H,4-5,8-9H2,1H3,(H,19,22)/t12-/m0/s1. The quantitative estimate of drug-likeness (QED) is 0.807. The van der Waals surface area contributed by atoms with Crippen LogP contribution in [0.3, 0.4) is 0 Å². The van der Waals surface area contributed by atoms with E-state index in [2.05, 4.69) is 10.4 Å². The number of aryl methyl sites for hydroxylation is 1. The van der Waals surface area contributed by atoms with Crippen LogP contribution in [0.1, 0.15) is 18.2 Å². The Balaban J connectivity index is 1.67. The lowest BCUT2D eigenvalue weighted by atomic mass is 10.3. The first-order valence-electron chi connectivity index (χ1n) is 7.88. The Kier molecular flexibility index (Phi) is 5.45. The summed E-state index contributed by atoms with van der Waals surface area (Å²) in [7, 11) is -3.06. The van der Waals surface area contributed by atoms with Crippen molar-refractivity contribution in [1.82, 2.24) is 9.78 Å². The number of carbonyl (C=O) groups excluding carboxylic acids is 1. The minimum absolute atomic E-state index is 0.0195. The van der Waals surface area contributed by atoms with E-state index in [9.17, 15) is 13.2 Å². The first-order chi connectivity index (χ1) is 12.2. The van der Waals surface area contributed by atoms with Crippen molar-refractivity contribution in [2.24, 2.45) is 0 Å². The number of halogens is 2. The van der Waals surface area contributed by atoms with E-state index in [-0.39, 0.29) is 24.2 Å². The second-order valence-corrected chi connectivity index (χ2v) is 9.16. The van der Waals surface area contributed by atoms with Gasteiger partial charge in [-0.25, -0.2) is 13.1 Å². The molecule has 140 valence electrons. The maximum atomic E-state index is 12.2. The molecule has 1 aliphatic heterocycles. The Morgan fingerprint density at radius 1 is 1.38 bits per heavy atom. The molecule has 1 aliphatic rings. The van der Waals surface area contributed by atoms with Crippen molar-refractivity contribution >= 4 is 44.8 Å². The lowest BCUT2D eigenvalue weighted by Gasteiger charge is -2.14. The highest BCUT2D eigenvalue weighted by Crippen LogP contribution is 2.28. The number of ether oxygens (including phenoxy) is 1. The number of sulfone groups is 1. The van der Waals surface area contributed by atoms with Gasteiger partial charge in [0, 0.05) is 17.2 Å². The van der Waals surface area contributed by atoms with Crippen LogP contribution in [0.25, 0.3) is 0 Å². The van der Waals surface area contributed by atoms with Crippen molar-refractivity contribution in [2.45, 2.75) is 19.4 Å². The molecule has 2 aromatic rings. The predicted molar refractivity (Wildman–Crippen MR) is 99.9 cm³/mol. The number of benzene rings is 1. The molecule has 1 amide bonds. The van der Waals surface area contributed by atoms with Gasteiger partial charge in [-0.3, -0.25) is 4.79 Å². The van der Waals surface area contributed by atoms with Gasteiger partial charge in [-0.15, -0.1) is 0 Å². The normalized spacial score (nSPS) is 18.7. The molecule has 1 saturated heterocycles. The highest BCUT2D eigenvalue weighted by molar-refractivity contribution is 7.91. The Hall–Kier alpha value is -1.77. The number of nitrogens with zero attached hydrogens (tertiary/aromatic N) is 2. The van der Waals surface area contributed by atoms with E-state index in [1.807, 2.05) is 0 Å². The summed E-state index contributed by atoms with van der Waals surface area (Å²) in [6, 6.07) is 6.13. The molecule has 1 atom stereocenters. The molecule has 26 heavy (non-hydrogen) atoms. The average molecular weight is 418 g/mol. The summed E-state index contributed by atoms with van der Waals surface area (Å²) in [5, 5.41) is 7.81. The van der Waals surface area contributed by atoms with Crippen LogP contribution in [-0.4, -0.2) is 42.2 Å². The molecule has 10 heteroatoms. The van der Waals surface area contributed by atoms with Gasteiger partial charge in [0.05, 0.1) is 28.3 Å². The summed E-state index contributed by atoms with van der Waals surface area (Å²) in [5.74, 6) is 0.478. The number of hydrogen-bond acceptors (Lipinski definition) is 5. The molecule has 0 unspecified atom stereocenters. The fourth-order valence-corrected chi connectivity index (χ4v) is 4.79. The Morgan fingerprint density at radius 2 is 2.15 bits per heavy atom.